The van der Waals surface area contributed by atoms with Gasteiger partial charge in [0.1, 0.15) is 5.82 Å². The molecule has 0 fully saturated rings. The number of nitrogens with zero attached hydrogens (tertiary/aromatic N) is 2. The van der Waals surface area contributed by atoms with Gasteiger partial charge >= 0.3 is 0 Å². The maximum absolute atomic E-state index is 4.48. The molecule has 0 radical (unpaired) electrons. The van der Waals surface area contributed by atoms with Crippen LogP contribution in [0.1, 0.15) is 51.4 Å². The van der Waals surface area contributed by atoms with Gasteiger partial charge in [-0.15, -0.1) is 0 Å². The molecule has 1 aromatic rings. The van der Waals surface area contributed by atoms with Crippen molar-refractivity contribution in [1.82, 2.24) is 9.97 Å². The summed E-state index contributed by atoms with van der Waals surface area (Å²) in [6.45, 7) is 10.7. The first kappa shape index (κ1) is 13.9. The Kier molecular flexibility index (Phi) is 5.39. The van der Waals surface area contributed by atoms with Crippen molar-refractivity contribution in [2.75, 3.05) is 5.32 Å². The Morgan fingerprint density at radius 3 is 2.53 bits per heavy atom. The maximum atomic E-state index is 4.48. The fourth-order valence-corrected chi connectivity index (χ4v) is 1.81. The molecule has 17 heavy (non-hydrogen) atoms. The highest BCUT2D eigenvalue weighted by molar-refractivity contribution is 5.40. The van der Waals surface area contributed by atoms with E-state index < -0.39 is 0 Å². The molecule has 1 atom stereocenters. The monoisotopic (exact) mass is 235 g/mol. The number of aromatic nitrogens is 2. The van der Waals surface area contributed by atoms with E-state index >= 15 is 0 Å². The van der Waals surface area contributed by atoms with Crippen LogP contribution in [-0.2, 0) is 0 Å². The number of hydrogen-bond donors (Lipinski definition) is 1. The van der Waals surface area contributed by atoms with Crippen LogP contribution in [0.3, 0.4) is 0 Å². The second-order valence-electron chi connectivity index (χ2n) is 5.32. The van der Waals surface area contributed by atoms with E-state index in [4.69, 9.17) is 0 Å². The Bertz CT molecular complexity index is 347. The summed E-state index contributed by atoms with van der Waals surface area (Å²) < 4.78 is 0. The van der Waals surface area contributed by atoms with Gasteiger partial charge in [-0.1, -0.05) is 26.7 Å². The van der Waals surface area contributed by atoms with E-state index in [1.807, 2.05) is 20.0 Å². The molecule has 1 aromatic heterocycles. The number of aryl methyl sites for hydroxylation is 2. The minimum atomic E-state index is 0.462. The Balaban J connectivity index is 2.44. The van der Waals surface area contributed by atoms with Gasteiger partial charge in [-0.2, -0.15) is 0 Å². The van der Waals surface area contributed by atoms with E-state index in [0.29, 0.717) is 6.04 Å². The van der Waals surface area contributed by atoms with Gasteiger partial charge < -0.3 is 5.32 Å². The zero-order valence-electron chi connectivity index (χ0n) is 11.7. The Labute approximate surface area is 105 Å². The quantitative estimate of drug-likeness (QED) is 0.816. The summed E-state index contributed by atoms with van der Waals surface area (Å²) in [6, 6.07) is 0.462. The lowest BCUT2D eigenvalue weighted by molar-refractivity contribution is 0.519. The molecule has 0 bridgehead atoms. The largest absolute Gasteiger partial charge is 0.366 e. The fourth-order valence-electron chi connectivity index (χ4n) is 1.81. The van der Waals surface area contributed by atoms with Crippen LogP contribution in [0.4, 0.5) is 5.82 Å². The van der Waals surface area contributed by atoms with Gasteiger partial charge in [0.05, 0.1) is 11.4 Å². The lowest BCUT2D eigenvalue weighted by atomic mass is 10.0. The summed E-state index contributed by atoms with van der Waals surface area (Å²) in [4.78, 5) is 8.80. The van der Waals surface area contributed by atoms with Crippen molar-refractivity contribution in [3.8, 4) is 0 Å². The summed E-state index contributed by atoms with van der Waals surface area (Å²) in [5, 5.41) is 3.45. The minimum absolute atomic E-state index is 0.462. The highest BCUT2D eigenvalue weighted by atomic mass is 15.0. The van der Waals surface area contributed by atoms with Crippen LogP contribution in [0.2, 0.25) is 0 Å². The highest BCUT2D eigenvalue weighted by Crippen LogP contribution is 2.14. The molecule has 0 aliphatic carbocycles. The molecule has 1 unspecified atom stereocenters. The van der Waals surface area contributed by atoms with E-state index in [2.05, 4.69) is 36.1 Å². The summed E-state index contributed by atoms with van der Waals surface area (Å²) in [6.07, 6.45) is 5.56. The third-order valence-electron chi connectivity index (χ3n) is 2.88. The van der Waals surface area contributed by atoms with Crippen LogP contribution in [0.5, 0.6) is 0 Å². The van der Waals surface area contributed by atoms with E-state index in [0.717, 1.165) is 23.1 Å². The summed E-state index contributed by atoms with van der Waals surface area (Å²) >= 11 is 0. The van der Waals surface area contributed by atoms with E-state index in [-0.39, 0.29) is 0 Å². The maximum Gasteiger partial charge on any atom is 0.147 e. The van der Waals surface area contributed by atoms with Crippen LogP contribution < -0.4 is 5.32 Å². The van der Waals surface area contributed by atoms with Crippen LogP contribution in [0.25, 0.3) is 0 Å². The summed E-state index contributed by atoms with van der Waals surface area (Å²) in [5.41, 5.74) is 1.94. The molecule has 0 saturated heterocycles. The molecule has 3 nitrogen and oxygen atoms in total. The van der Waals surface area contributed by atoms with Gasteiger partial charge in [-0.05, 0) is 33.1 Å². The molecular weight excluding hydrogens is 210 g/mol. The highest BCUT2D eigenvalue weighted by Gasteiger charge is 2.07. The van der Waals surface area contributed by atoms with Crippen LogP contribution in [0.15, 0.2) is 6.20 Å². The number of anilines is 1. The first-order valence-electron chi connectivity index (χ1n) is 6.55. The lowest BCUT2D eigenvalue weighted by Crippen LogP contribution is -2.17. The molecule has 0 saturated carbocycles. The number of hydrogen-bond acceptors (Lipinski definition) is 3. The van der Waals surface area contributed by atoms with Gasteiger partial charge in [0, 0.05) is 12.2 Å². The molecule has 0 aliphatic rings. The van der Waals surface area contributed by atoms with Crippen molar-refractivity contribution in [3.05, 3.63) is 17.6 Å². The Morgan fingerprint density at radius 2 is 1.88 bits per heavy atom. The summed E-state index contributed by atoms with van der Waals surface area (Å²) in [7, 11) is 0. The molecule has 1 rings (SSSR count). The SMILES string of the molecule is Cc1cnc(C)c(NC(C)CCCC(C)C)n1. The molecule has 3 heteroatoms. The third-order valence-corrected chi connectivity index (χ3v) is 2.88. The predicted octanol–water partition coefficient (Wildman–Crippen LogP) is 3.72. The molecule has 0 amide bonds. The number of rotatable bonds is 6. The van der Waals surface area contributed by atoms with Crippen molar-refractivity contribution < 1.29 is 0 Å². The second kappa shape index (κ2) is 6.58. The smallest absolute Gasteiger partial charge is 0.147 e. The molecule has 0 aliphatic heterocycles. The van der Waals surface area contributed by atoms with E-state index in [1.165, 1.54) is 19.3 Å². The lowest BCUT2D eigenvalue weighted by Gasteiger charge is -2.16. The average Bonchev–Trinajstić information content (AvgIpc) is 2.23. The van der Waals surface area contributed by atoms with Crippen molar-refractivity contribution >= 4 is 5.82 Å². The zero-order valence-corrected chi connectivity index (χ0v) is 11.7. The Morgan fingerprint density at radius 1 is 1.18 bits per heavy atom. The van der Waals surface area contributed by atoms with Crippen LogP contribution in [0, 0.1) is 19.8 Å². The molecule has 96 valence electrons. The molecule has 0 aromatic carbocycles. The van der Waals surface area contributed by atoms with Crippen LogP contribution >= 0.6 is 0 Å². The first-order valence-corrected chi connectivity index (χ1v) is 6.55. The minimum Gasteiger partial charge on any atom is -0.366 e. The van der Waals surface area contributed by atoms with Gasteiger partial charge in [-0.3, -0.25) is 4.98 Å². The standard InChI is InChI=1S/C14H25N3/c1-10(2)7-6-8-11(3)16-14-13(5)15-9-12(4)17-14/h9-11H,6-8H2,1-5H3,(H,16,17). The average molecular weight is 235 g/mol. The van der Waals surface area contributed by atoms with Crippen molar-refractivity contribution in [2.24, 2.45) is 5.92 Å². The number of nitrogens with one attached hydrogen (secondary N) is 1. The van der Waals surface area contributed by atoms with Crippen LogP contribution in [-0.4, -0.2) is 16.0 Å². The van der Waals surface area contributed by atoms with Crippen molar-refractivity contribution in [2.45, 2.75) is 59.9 Å². The third kappa shape index (κ3) is 5.16. The second-order valence-corrected chi connectivity index (χ2v) is 5.32. The van der Waals surface area contributed by atoms with Gasteiger partial charge in [0.2, 0.25) is 0 Å². The molecule has 1 heterocycles. The fraction of sp³-hybridized carbons (Fsp3) is 0.714. The first-order chi connectivity index (χ1) is 7.99. The van der Waals surface area contributed by atoms with E-state index in [1.54, 1.807) is 0 Å². The Hall–Kier alpha value is -1.12. The van der Waals surface area contributed by atoms with E-state index in [9.17, 15) is 0 Å². The molecule has 1 N–H and O–H groups in total. The predicted molar refractivity (Wildman–Crippen MR) is 73.3 cm³/mol. The van der Waals surface area contributed by atoms with Gasteiger partial charge in [-0.25, -0.2) is 4.98 Å². The van der Waals surface area contributed by atoms with Gasteiger partial charge in [0.25, 0.3) is 0 Å². The topological polar surface area (TPSA) is 37.8 Å². The van der Waals surface area contributed by atoms with Gasteiger partial charge in [0.15, 0.2) is 0 Å². The molecular formula is C14H25N3. The summed E-state index contributed by atoms with van der Waals surface area (Å²) in [5.74, 6) is 1.73. The van der Waals surface area contributed by atoms with Crippen molar-refractivity contribution in [1.29, 1.82) is 0 Å². The zero-order chi connectivity index (χ0) is 12.8. The van der Waals surface area contributed by atoms with Crippen molar-refractivity contribution in [3.63, 3.8) is 0 Å². The normalized spacial score (nSPS) is 12.8. The molecule has 0 spiro atoms.